The smallest absolute Gasteiger partial charge is 0.356 e. The standard InChI is InChI=1S/C6H8N2O5S2/c1-2-13-8-15(11,12)6-4(5(9)10)7-3-14-6/h3,8H,2H2,1H3,(H,9,10). The number of aromatic carboxylic acids is 1. The molecule has 9 heteroatoms. The zero-order chi connectivity index (χ0) is 11.5. The molecule has 0 atom stereocenters. The first-order chi connectivity index (χ1) is 6.99. The lowest BCUT2D eigenvalue weighted by Crippen LogP contribution is -2.24. The number of thiazole rings is 1. The van der Waals surface area contributed by atoms with Crippen molar-refractivity contribution in [3.05, 3.63) is 11.2 Å². The topological polar surface area (TPSA) is 106 Å². The molecule has 7 nitrogen and oxygen atoms in total. The van der Waals surface area contributed by atoms with E-state index in [1.807, 2.05) is 0 Å². The van der Waals surface area contributed by atoms with Crippen molar-refractivity contribution in [3.63, 3.8) is 0 Å². The van der Waals surface area contributed by atoms with E-state index < -0.39 is 21.7 Å². The Morgan fingerprint density at radius 2 is 2.40 bits per heavy atom. The fourth-order valence-corrected chi connectivity index (χ4v) is 2.73. The summed E-state index contributed by atoms with van der Waals surface area (Å²) in [6.45, 7) is 1.73. The molecular formula is C6H8N2O5S2. The van der Waals surface area contributed by atoms with Crippen molar-refractivity contribution in [2.75, 3.05) is 6.61 Å². The third-order valence-corrected chi connectivity index (χ3v) is 3.88. The summed E-state index contributed by atoms with van der Waals surface area (Å²) in [4.78, 5) is 20.3. The van der Waals surface area contributed by atoms with E-state index in [4.69, 9.17) is 5.11 Å². The molecule has 0 aliphatic heterocycles. The van der Waals surface area contributed by atoms with Gasteiger partial charge in [0, 0.05) is 0 Å². The Balaban J connectivity index is 3.05. The maximum Gasteiger partial charge on any atom is 0.356 e. The van der Waals surface area contributed by atoms with Crippen LogP contribution < -0.4 is 4.89 Å². The molecular weight excluding hydrogens is 244 g/mol. The van der Waals surface area contributed by atoms with E-state index >= 15 is 0 Å². The van der Waals surface area contributed by atoms with E-state index in [1.54, 1.807) is 11.8 Å². The van der Waals surface area contributed by atoms with Crippen LogP contribution >= 0.6 is 11.3 Å². The summed E-state index contributed by atoms with van der Waals surface area (Å²) in [7, 11) is -3.95. The summed E-state index contributed by atoms with van der Waals surface area (Å²) >= 11 is 0.713. The molecule has 15 heavy (non-hydrogen) atoms. The highest BCUT2D eigenvalue weighted by Crippen LogP contribution is 2.19. The van der Waals surface area contributed by atoms with Crippen molar-refractivity contribution < 1.29 is 23.2 Å². The quantitative estimate of drug-likeness (QED) is 0.718. The fourth-order valence-electron chi connectivity index (χ4n) is 0.743. The van der Waals surface area contributed by atoms with E-state index in [1.165, 1.54) is 0 Å². The van der Waals surface area contributed by atoms with Gasteiger partial charge in [0.05, 0.1) is 12.1 Å². The minimum Gasteiger partial charge on any atom is -0.476 e. The molecule has 0 amide bonds. The Morgan fingerprint density at radius 1 is 1.73 bits per heavy atom. The zero-order valence-electron chi connectivity index (χ0n) is 7.63. The number of nitrogens with one attached hydrogen (secondary N) is 1. The van der Waals surface area contributed by atoms with Crippen LogP contribution in [-0.4, -0.2) is 31.1 Å². The predicted molar refractivity (Wildman–Crippen MR) is 51.0 cm³/mol. The molecule has 1 heterocycles. The molecule has 0 saturated heterocycles. The van der Waals surface area contributed by atoms with E-state index in [2.05, 4.69) is 9.82 Å². The van der Waals surface area contributed by atoms with Gasteiger partial charge < -0.3 is 5.11 Å². The van der Waals surface area contributed by atoms with Gasteiger partial charge >= 0.3 is 5.97 Å². The Bertz CT molecular complexity index is 452. The molecule has 2 N–H and O–H groups in total. The summed E-state index contributed by atoms with van der Waals surface area (Å²) < 4.78 is 22.5. The first-order valence-electron chi connectivity index (χ1n) is 3.79. The second-order valence-electron chi connectivity index (χ2n) is 2.31. The van der Waals surface area contributed by atoms with Crippen molar-refractivity contribution in [3.8, 4) is 0 Å². The van der Waals surface area contributed by atoms with Crippen LogP contribution in [0.5, 0.6) is 0 Å². The number of carbonyl (C=O) groups is 1. The minimum absolute atomic E-state index is 0.139. The third-order valence-electron chi connectivity index (χ3n) is 1.29. The average molecular weight is 252 g/mol. The van der Waals surface area contributed by atoms with Crippen LogP contribution in [0.25, 0.3) is 0 Å². The lowest BCUT2D eigenvalue weighted by atomic mass is 10.5. The summed E-state index contributed by atoms with van der Waals surface area (Å²) in [5.74, 6) is -1.40. The van der Waals surface area contributed by atoms with Gasteiger partial charge in [0.2, 0.25) is 0 Å². The van der Waals surface area contributed by atoms with Gasteiger partial charge in [-0.15, -0.1) is 11.3 Å². The first-order valence-corrected chi connectivity index (χ1v) is 6.15. The number of aromatic nitrogens is 1. The molecule has 0 aliphatic carbocycles. The number of nitrogens with zero attached hydrogens (tertiary/aromatic N) is 1. The molecule has 84 valence electrons. The summed E-state index contributed by atoms with van der Waals surface area (Å²) in [6, 6.07) is 0. The van der Waals surface area contributed by atoms with Gasteiger partial charge in [0.15, 0.2) is 9.90 Å². The van der Waals surface area contributed by atoms with Crippen LogP contribution in [0, 0.1) is 0 Å². The van der Waals surface area contributed by atoms with Gasteiger partial charge in [-0.3, -0.25) is 4.84 Å². The molecule has 1 rings (SSSR count). The van der Waals surface area contributed by atoms with Crippen molar-refractivity contribution >= 4 is 27.3 Å². The van der Waals surface area contributed by atoms with E-state index in [9.17, 15) is 13.2 Å². The Hall–Kier alpha value is -1.03. The van der Waals surface area contributed by atoms with Crippen molar-refractivity contribution in [2.24, 2.45) is 0 Å². The largest absolute Gasteiger partial charge is 0.476 e. The number of rotatable bonds is 5. The number of carboxylic acids is 1. The van der Waals surface area contributed by atoms with Crippen LogP contribution in [0.3, 0.4) is 0 Å². The van der Waals surface area contributed by atoms with Gasteiger partial charge in [-0.05, 0) is 6.92 Å². The number of hydrogen-bond acceptors (Lipinski definition) is 6. The molecule has 1 aromatic heterocycles. The Kier molecular flexibility index (Phi) is 3.74. The van der Waals surface area contributed by atoms with Crippen LogP contribution in [0.15, 0.2) is 9.72 Å². The summed E-state index contributed by atoms with van der Waals surface area (Å²) in [6.07, 6.45) is 0. The average Bonchev–Trinajstić information content (AvgIpc) is 2.63. The molecule has 0 aromatic carbocycles. The molecule has 0 radical (unpaired) electrons. The lowest BCUT2D eigenvalue weighted by molar-refractivity contribution is 0.0686. The molecule has 0 bridgehead atoms. The highest BCUT2D eigenvalue weighted by Gasteiger charge is 2.25. The first kappa shape index (κ1) is 12.0. The summed E-state index contributed by atoms with van der Waals surface area (Å²) in [5, 5.41) is 8.65. The molecule has 0 spiro atoms. The highest BCUT2D eigenvalue weighted by molar-refractivity contribution is 7.91. The van der Waals surface area contributed by atoms with Gasteiger partial charge in [-0.2, -0.15) is 0 Å². The maximum atomic E-state index is 11.4. The zero-order valence-corrected chi connectivity index (χ0v) is 9.26. The molecule has 0 unspecified atom stereocenters. The third kappa shape index (κ3) is 2.72. The van der Waals surface area contributed by atoms with Crippen LogP contribution in [0.1, 0.15) is 17.4 Å². The SMILES string of the molecule is CCONS(=O)(=O)c1scnc1C(=O)O. The molecule has 1 aromatic rings. The van der Waals surface area contributed by atoms with Crippen LogP contribution in [0.4, 0.5) is 0 Å². The van der Waals surface area contributed by atoms with Gasteiger partial charge in [-0.1, -0.05) is 4.89 Å². The minimum atomic E-state index is -3.95. The predicted octanol–water partition coefficient (Wildman–Crippen LogP) is 0.0711. The highest BCUT2D eigenvalue weighted by atomic mass is 32.2. The number of carboxylic acid groups (broad SMARTS) is 1. The molecule has 0 fully saturated rings. The van der Waals surface area contributed by atoms with Crippen molar-refractivity contribution in [1.82, 2.24) is 9.87 Å². The normalized spacial score (nSPS) is 11.5. The van der Waals surface area contributed by atoms with Gasteiger partial charge in [0.25, 0.3) is 10.0 Å². The second-order valence-corrected chi connectivity index (χ2v) is 5.01. The van der Waals surface area contributed by atoms with Gasteiger partial charge in [-0.25, -0.2) is 18.2 Å². The lowest BCUT2D eigenvalue weighted by Gasteiger charge is -2.03. The van der Waals surface area contributed by atoms with Crippen molar-refractivity contribution in [1.29, 1.82) is 0 Å². The van der Waals surface area contributed by atoms with Gasteiger partial charge in [0.1, 0.15) is 0 Å². The number of sulfonamides is 1. The Morgan fingerprint density at radius 3 is 2.93 bits per heavy atom. The number of hydrogen-bond donors (Lipinski definition) is 2. The van der Waals surface area contributed by atoms with E-state index in [-0.39, 0.29) is 10.8 Å². The summed E-state index contributed by atoms with van der Waals surface area (Å²) in [5.41, 5.74) is 0.636. The van der Waals surface area contributed by atoms with E-state index in [0.717, 1.165) is 5.51 Å². The van der Waals surface area contributed by atoms with Crippen LogP contribution in [0.2, 0.25) is 0 Å². The van der Waals surface area contributed by atoms with E-state index in [0.29, 0.717) is 11.3 Å². The molecule has 0 aliphatic rings. The van der Waals surface area contributed by atoms with Crippen LogP contribution in [-0.2, 0) is 14.9 Å². The molecule has 0 saturated carbocycles. The monoisotopic (exact) mass is 252 g/mol. The Labute approximate surface area is 89.7 Å². The fraction of sp³-hybridized carbons (Fsp3) is 0.333. The second kappa shape index (κ2) is 4.66. The van der Waals surface area contributed by atoms with Crippen molar-refractivity contribution in [2.45, 2.75) is 11.1 Å². The maximum absolute atomic E-state index is 11.4.